The number of methoxy groups -OCH3 is 1. The van der Waals surface area contributed by atoms with Gasteiger partial charge in [0.15, 0.2) is 0 Å². The molecule has 0 aliphatic heterocycles. The van der Waals surface area contributed by atoms with Crippen molar-refractivity contribution in [2.45, 2.75) is 37.6 Å². The topological polar surface area (TPSA) is 104 Å². The van der Waals surface area contributed by atoms with Crippen molar-refractivity contribution >= 4 is 11.9 Å². The van der Waals surface area contributed by atoms with Crippen molar-refractivity contribution in [2.75, 3.05) is 7.11 Å². The lowest BCUT2D eigenvalue weighted by Crippen LogP contribution is -2.47. The number of aromatic amines is 1. The van der Waals surface area contributed by atoms with Gasteiger partial charge in [-0.2, -0.15) is 5.10 Å². The lowest BCUT2D eigenvalue weighted by Gasteiger charge is -2.28. The van der Waals surface area contributed by atoms with Gasteiger partial charge in [-0.05, 0) is 43.2 Å². The van der Waals surface area contributed by atoms with Gasteiger partial charge in [-0.3, -0.25) is 14.7 Å². The Bertz CT molecular complexity index is 761. The molecule has 132 valence electrons. The van der Waals surface area contributed by atoms with Crippen LogP contribution in [0.15, 0.2) is 30.3 Å². The third-order valence-corrected chi connectivity index (χ3v) is 4.64. The lowest BCUT2D eigenvalue weighted by molar-refractivity contribution is -0.138. The maximum absolute atomic E-state index is 12.5. The van der Waals surface area contributed by atoms with Crippen molar-refractivity contribution in [1.82, 2.24) is 15.5 Å². The fraction of sp³-hybridized carbons (Fsp3) is 0.389. The molecule has 0 spiro atoms. The van der Waals surface area contributed by atoms with Gasteiger partial charge in [-0.1, -0.05) is 12.8 Å². The molecule has 1 aromatic carbocycles. The zero-order chi connectivity index (χ0) is 17.9. The van der Waals surface area contributed by atoms with E-state index in [9.17, 15) is 9.59 Å². The van der Waals surface area contributed by atoms with Gasteiger partial charge in [0.05, 0.1) is 24.8 Å². The van der Waals surface area contributed by atoms with Crippen LogP contribution >= 0.6 is 0 Å². The van der Waals surface area contributed by atoms with Crippen LogP contribution in [0.25, 0.3) is 11.3 Å². The number of nitrogens with one attached hydrogen (secondary N) is 2. The predicted octanol–water partition coefficient (Wildman–Crippen LogP) is 2.60. The van der Waals surface area contributed by atoms with Crippen molar-refractivity contribution in [3.05, 3.63) is 36.0 Å². The summed E-state index contributed by atoms with van der Waals surface area (Å²) < 4.78 is 5.13. The number of rotatable bonds is 6. The highest BCUT2D eigenvalue weighted by molar-refractivity contribution is 5.94. The first kappa shape index (κ1) is 17.0. The van der Waals surface area contributed by atoms with E-state index in [0.29, 0.717) is 24.2 Å². The molecule has 1 heterocycles. The van der Waals surface area contributed by atoms with E-state index in [4.69, 9.17) is 9.84 Å². The van der Waals surface area contributed by atoms with Crippen molar-refractivity contribution in [2.24, 2.45) is 0 Å². The highest BCUT2D eigenvalue weighted by atomic mass is 16.5. The normalized spacial score (nSPS) is 15.7. The van der Waals surface area contributed by atoms with Crippen molar-refractivity contribution < 1.29 is 19.4 Å². The van der Waals surface area contributed by atoms with Gasteiger partial charge < -0.3 is 15.2 Å². The number of carbonyl (C=O) groups excluding carboxylic acids is 1. The highest BCUT2D eigenvalue weighted by Crippen LogP contribution is 2.33. The van der Waals surface area contributed by atoms with Crippen molar-refractivity contribution in [1.29, 1.82) is 0 Å². The molecule has 2 aromatic rings. The number of hydrogen-bond acceptors (Lipinski definition) is 4. The number of carboxylic acid groups (broad SMARTS) is 1. The molecule has 3 rings (SSSR count). The van der Waals surface area contributed by atoms with E-state index in [2.05, 4.69) is 15.5 Å². The largest absolute Gasteiger partial charge is 0.497 e. The molecule has 1 fully saturated rings. The van der Waals surface area contributed by atoms with Crippen LogP contribution in [0.5, 0.6) is 5.75 Å². The van der Waals surface area contributed by atoms with E-state index >= 15 is 0 Å². The molecule has 7 heteroatoms. The quantitative estimate of drug-likeness (QED) is 0.748. The summed E-state index contributed by atoms with van der Waals surface area (Å²) in [6.07, 6.45) is 3.16. The summed E-state index contributed by atoms with van der Waals surface area (Å²) >= 11 is 0. The SMILES string of the molecule is COc1ccc(-c2cc(C(=O)NC3(CC(=O)O)CCCC3)[nH]n2)cc1. The highest BCUT2D eigenvalue weighted by Gasteiger charge is 2.37. The van der Waals surface area contributed by atoms with E-state index < -0.39 is 11.5 Å². The summed E-state index contributed by atoms with van der Waals surface area (Å²) in [5.41, 5.74) is 1.17. The number of benzene rings is 1. The standard InChI is InChI=1S/C18H21N3O4/c1-25-13-6-4-12(5-7-13)14-10-15(21-20-14)17(24)19-18(11-16(22)23)8-2-3-9-18/h4-7,10H,2-3,8-9,11H2,1H3,(H,19,24)(H,20,21)(H,22,23). The van der Waals surface area contributed by atoms with Crippen LogP contribution in [0.1, 0.15) is 42.6 Å². The maximum Gasteiger partial charge on any atom is 0.305 e. The molecular formula is C18H21N3O4. The molecule has 1 aliphatic rings. The van der Waals surface area contributed by atoms with Crippen LogP contribution in [0.2, 0.25) is 0 Å². The monoisotopic (exact) mass is 343 g/mol. The van der Waals surface area contributed by atoms with Crippen LogP contribution in [0.3, 0.4) is 0 Å². The van der Waals surface area contributed by atoms with Crippen LogP contribution in [-0.4, -0.2) is 39.8 Å². The summed E-state index contributed by atoms with van der Waals surface area (Å²) in [4.78, 5) is 23.7. The van der Waals surface area contributed by atoms with E-state index in [0.717, 1.165) is 24.2 Å². The first-order chi connectivity index (χ1) is 12.0. The van der Waals surface area contributed by atoms with Gasteiger partial charge in [-0.15, -0.1) is 0 Å². The van der Waals surface area contributed by atoms with E-state index in [1.807, 2.05) is 24.3 Å². The molecule has 0 atom stereocenters. The minimum atomic E-state index is -0.897. The zero-order valence-electron chi connectivity index (χ0n) is 14.0. The van der Waals surface area contributed by atoms with E-state index in [-0.39, 0.29) is 12.3 Å². The molecule has 1 saturated carbocycles. The Morgan fingerprint density at radius 2 is 1.96 bits per heavy atom. The Labute approximate surface area is 145 Å². The second-order valence-corrected chi connectivity index (χ2v) is 6.41. The summed E-state index contributed by atoms with van der Waals surface area (Å²) in [6.45, 7) is 0. The third-order valence-electron chi connectivity index (χ3n) is 4.64. The number of amides is 1. The fourth-order valence-corrected chi connectivity index (χ4v) is 3.34. The van der Waals surface area contributed by atoms with Gasteiger partial charge in [0.1, 0.15) is 11.4 Å². The van der Waals surface area contributed by atoms with Gasteiger partial charge >= 0.3 is 5.97 Å². The third kappa shape index (κ3) is 3.81. The number of aliphatic carboxylic acids is 1. The number of hydrogen-bond donors (Lipinski definition) is 3. The van der Waals surface area contributed by atoms with Crippen LogP contribution in [-0.2, 0) is 4.79 Å². The fourth-order valence-electron chi connectivity index (χ4n) is 3.34. The molecule has 1 aromatic heterocycles. The Hall–Kier alpha value is -2.83. The summed E-state index contributed by atoms with van der Waals surface area (Å²) in [7, 11) is 1.60. The summed E-state index contributed by atoms with van der Waals surface area (Å²) in [5.74, 6) is -0.477. The number of ether oxygens (including phenoxy) is 1. The lowest BCUT2D eigenvalue weighted by atomic mass is 9.93. The number of H-pyrrole nitrogens is 1. The number of carboxylic acids is 1. The van der Waals surface area contributed by atoms with Crippen molar-refractivity contribution in [3.8, 4) is 17.0 Å². The molecule has 1 amide bonds. The van der Waals surface area contributed by atoms with Gasteiger partial charge in [0, 0.05) is 5.56 Å². The van der Waals surface area contributed by atoms with Crippen LogP contribution in [0.4, 0.5) is 0 Å². The average molecular weight is 343 g/mol. The van der Waals surface area contributed by atoms with Gasteiger partial charge in [0.25, 0.3) is 5.91 Å². The first-order valence-electron chi connectivity index (χ1n) is 8.25. The molecule has 0 unspecified atom stereocenters. The Morgan fingerprint density at radius 3 is 2.56 bits per heavy atom. The molecule has 0 bridgehead atoms. The predicted molar refractivity (Wildman–Crippen MR) is 91.5 cm³/mol. The van der Waals surface area contributed by atoms with E-state index in [1.54, 1.807) is 13.2 Å². The second-order valence-electron chi connectivity index (χ2n) is 6.41. The molecule has 25 heavy (non-hydrogen) atoms. The zero-order valence-corrected chi connectivity index (χ0v) is 14.0. The van der Waals surface area contributed by atoms with Crippen LogP contribution in [0, 0.1) is 0 Å². The summed E-state index contributed by atoms with van der Waals surface area (Å²) in [5, 5.41) is 19.0. The second kappa shape index (κ2) is 6.96. The minimum Gasteiger partial charge on any atom is -0.497 e. The van der Waals surface area contributed by atoms with Gasteiger partial charge in [-0.25, -0.2) is 0 Å². The average Bonchev–Trinajstić information content (AvgIpc) is 3.24. The molecule has 0 saturated heterocycles. The number of aromatic nitrogens is 2. The molecule has 1 aliphatic carbocycles. The molecule has 3 N–H and O–H groups in total. The van der Waals surface area contributed by atoms with Crippen LogP contribution < -0.4 is 10.1 Å². The molecule has 7 nitrogen and oxygen atoms in total. The molecule has 0 radical (unpaired) electrons. The maximum atomic E-state index is 12.5. The van der Waals surface area contributed by atoms with E-state index in [1.165, 1.54) is 0 Å². The summed E-state index contributed by atoms with van der Waals surface area (Å²) in [6, 6.07) is 9.04. The number of nitrogens with zero attached hydrogens (tertiary/aromatic N) is 1. The van der Waals surface area contributed by atoms with Crippen molar-refractivity contribution in [3.63, 3.8) is 0 Å². The minimum absolute atomic E-state index is 0.0573. The molecular weight excluding hydrogens is 322 g/mol. The first-order valence-corrected chi connectivity index (χ1v) is 8.25. The Morgan fingerprint density at radius 1 is 1.28 bits per heavy atom. The van der Waals surface area contributed by atoms with Gasteiger partial charge in [0.2, 0.25) is 0 Å². The Balaban J connectivity index is 1.74. The number of carbonyl (C=O) groups is 2. The Kier molecular flexibility index (Phi) is 4.74. The smallest absolute Gasteiger partial charge is 0.305 e.